The van der Waals surface area contributed by atoms with E-state index in [2.05, 4.69) is 0 Å². The molecule has 0 aromatic heterocycles. The number of carbonyl (C=O) groups is 1. The lowest BCUT2D eigenvalue weighted by atomic mass is 10.2. The number of nitrogens with zero attached hydrogens (tertiary/aromatic N) is 2. The molecule has 1 aliphatic heterocycles. The molecule has 21 heavy (non-hydrogen) atoms. The van der Waals surface area contributed by atoms with Crippen LogP contribution in [0.4, 0.5) is 4.79 Å². The maximum Gasteiger partial charge on any atom is 0.407 e. The number of piperazine rings is 1. The molecule has 0 spiro atoms. The zero-order valence-corrected chi connectivity index (χ0v) is 13.2. The molecule has 8 heteroatoms. The van der Waals surface area contributed by atoms with Gasteiger partial charge in [0.05, 0.1) is 4.90 Å². The highest BCUT2D eigenvalue weighted by Gasteiger charge is 2.22. The van der Waals surface area contributed by atoms with E-state index in [0.29, 0.717) is 43.3 Å². The van der Waals surface area contributed by atoms with E-state index in [1.165, 1.54) is 11.0 Å². The van der Waals surface area contributed by atoms with Crippen molar-refractivity contribution in [3.8, 4) is 0 Å². The van der Waals surface area contributed by atoms with Crippen LogP contribution in [0.5, 0.6) is 0 Å². The third kappa shape index (κ3) is 4.09. The Labute approximate surface area is 128 Å². The fraction of sp³-hybridized carbons (Fsp3) is 0.462. The van der Waals surface area contributed by atoms with E-state index < -0.39 is 15.9 Å². The summed E-state index contributed by atoms with van der Waals surface area (Å²) in [5, 5.41) is 9.29. The number of benzene rings is 1. The van der Waals surface area contributed by atoms with Crippen molar-refractivity contribution in [2.24, 2.45) is 0 Å². The van der Waals surface area contributed by atoms with Crippen LogP contribution in [-0.4, -0.2) is 61.9 Å². The Morgan fingerprint density at radius 1 is 1.29 bits per heavy atom. The van der Waals surface area contributed by atoms with Gasteiger partial charge in [-0.25, -0.2) is 13.2 Å². The Balaban J connectivity index is 2.13. The Morgan fingerprint density at radius 3 is 2.43 bits per heavy atom. The predicted molar refractivity (Wildman–Crippen MR) is 79.4 cm³/mol. The number of halogens is 1. The molecule has 1 aromatic rings. The van der Waals surface area contributed by atoms with E-state index in [1.54, 1.807) is 12.1 Å². The summed E-state index contributed by atoms with van der Waals surface area (Å²) in [6, 6.07) is 4.83. The van der Waals surface area contributed by atoms with Crippen LogP contribution in [0, 0.1) is 0 Å². The fourth-order valence-corrected chi connectivity index (χ4v) is 3.53. The number of sulfone groups is 1. The lowest BCUT2D eigenvalue weighted by Crippen LogP contribution is -2.47. The summed E-state index contributed by atoms with van der Waals surface area (Å²) >= 11 is 5.87. The molecule has 1 heterocycles. The molecule has 2 rings (SSSR count). The van der Waals surface area contributed by atoms with Gasteiger partial charge < -0.3 is 10.0 Å². The minimum absolute atomic E-state index is 0.232. The SMILES string of the molecule is CS(=O)(=O)c1cc(Cl)ccc1CN1CCN(C(=O)O)CC1. The monoisotopic (exact) mass is 332 g/mol. The van der Waals surface area contributed by atoms with E-state index in [0.717, 1.165) is 6.26 Å². The lowest BCUT2D eigenvalue weighted by molar-refractivity contribution is 0.102. The average molecular weight is 333 g/mol. The average Bonchev–Trinajstić information content (AvgIpc) is 2.40. The molecule has 1 aliphatic rings. The molecule has 1 amide bonds. The highest BCUT2D eigenvalue weighted by atomic mass is 35.5. The van der Waals surface area contributed by atoms with Gasteiger partial charge in [-0.2, -0.15) is 0 Å². The van der Waals surface area contributed by atoms with Crippen molar-refractivity contribution in [1.29, 1.82) is 0 Å². The Morgan fingerprint density at radius 2 is 1.90 bits per heavy atom. The van der Waals surface area contributed by atoms with Gasteiger partial charge in [0.1, 0.15) is 0 Å². The van der Waals surface area contributed by atoms with Gasteiger partial charge >= 0.3 is 6.09 Å². The van der Waals surface area contributed by atoms with Gasteiger partial charge in [0, 0.05) is 44.0 Å². The van der Waals surface area contributed by atoms with Gasteiger partial charge in [-0.15, -0.1) is 0 Å². The standard InChI is InChI=1S/C13H17ClN2O4S/c1-21(19,20)12-8-11(14)3-2-10(12)9-15-4-6-16(7-5-15)13(17)18/h2-3,8H,4-7,9H2,1H3,(H,17,18). The second-order valence-electron chi connectivity index (χ2n) is 5.07. The second kappa shape index (κ2) is 6.21. The van der Waals surface area contributed by atoms with Gasteiger partial charge in [0.15, 0.2) is 9.84 Å². The summed E-state index contributed by atoms with van der Waals surface area (Å²) in [5.41, 5.74) is 0.686. The third-order valence-electron chi connectivity index (χ3n) is 3.47. The van der Waals surface area contributed by atoms with Crippen molar-refractivity contribution in [2.75, 3.05) is 32.4 Å². The topological polar surface area (TPSA) is 77.9 Å². The first-order chi connectivity index (χ1) is 9.77. The van der Waals surface area contributed by atoms with E-state index in [1.807, 2.05) is 4.90 Å². The highest BCUT2D eigenvalue weighted by Crippen LogP contribution is 2.22. The highest BCUT2D eigenvalue weighted by molar-refractivity contribution is 7.90. The predicted octanol–water partition coefficient (Wildman–Crippen LogP) is 1.54. The smallest absolute Gasteiger partial charge is 0.407 e. The minimum Gasteiger partial charge on any atom is -0.465 e. The molecule has 1 aromatic carbocycles. The number of amides is 1. The summed E-state index contributed by atoms with van der Waals surface area (Å²) in [6.07, 6.45) is 0.239. The molecule has 0 bridgehead atoms. The molecule has 116 valence electrons. The van der Waals surface area contributed by atoms with Crippen LogP contribution in [0.2, 0.25) is 5.02 Å². The van der Waals surface area contributed by atoms with Crippen molar-refractivity contribution in [3.05, 3.63) is 28.8 Å². The Hall–Kier alpha value is -1.31. The first-order valence-electron chi connectivity index (χ1n) is 6.46. The van der Waals surface area contributed by atoms with Crippen molar-refractivity contribution >= 4 is 27.5 Å². The fourth-order valence-electron chi connectivity index (χ4n) is 2.34. The molecule has 6 nitrogen and oxygen atoms in total. The maximum absolute atomic E-state index is 11.8. The molecule has 0 saturated carbocycles. The van der Waals surface area contributed by atoms with Crippen LogP contribution in [0.25, 0.3) is 0 Å². The van der Waals surface area contributed by atoms with Gasteiger partial charge in [0.2, 0.25) is 0 Å². The molecule has 0 aliphatic carbocycles. The van der Waals surface area contributed by atoms with E-state index >= 15 is 0 Å². The largest absolute Gasteiger partial charge is 0.465 e. The normalized spacial score (nSPS) is 17.0. The molecule has 1 saturated heterocycles. The summed E-state index contributed by atoms with van der Waals surface area (Å²) in [7, 11) is -3.35. The van der Waals surface area contributed by atoms with Crippen LogP contribution in [-0.2, 0) is 16.4 Å². The van der Waals surface area contributed by atoms with Crippen LogP contribution < -0.4 is 0 Å². The quantitative estimate of drug-likeness (QED) is 0.908. The molecule has 1 fully saturated rings. The molecule has 0 radical (unpaired) electrons. The van der Waals surface area contributed by atoms with Crippen molar-refractivity contribution in [1.82, 2.24) is 9.80 Å². The first kappa shape index (κ1) is 16.1. The number of carboxylic acid groups (broad SMARTS) is 1. The van der Waals surface area contributed by atoms with E-state index in [4.69, 9.17) is 16.7 Å². The molecular formula is C13H17ClN2O4S. The number of hydrogen-bond acceptors (Lipinski definition) is 4. The van der Waals surface area contributed by atoms with Gasteiger partial charge in [-0.3, -0.25) is 4.90 Å². The van der Waals surface area contributed by atoms with Crippen molar-refractivity contribution in [2.45, 2.75) is 11.4 Å². The van der Waals surface area contributed by atoms with Gasteiger partial charge in [0.25, 0.3) is 0 Å². The molecular weight excluding hydrogens is 316 g/mol. The van der Waals surface area contributed by atoms with Crippen LogP contribution in [0.1, 0.15) is 5.56 Å². The summed E-state index contributed by atoms with van der Waals surface area (Å²) in [6.45, 7) is 2.48. The Kier molecular flexibility index (Phi) is 4.75. The molecule has 0 atom stereocenters. The number of hydrogen-bond donors (Lipinski definition) is 1. The van der Waals surface area contributed by atoms with E-state index in [-0.39, 0.29) is 4.90 Å². The van der Waals surface area contributed by atoms with Crippen LogP contribution >= 0.6 is 11.6 Å². The zero-order valence-electron chi connectivity index (χ0n) is 11.6. The lowest BCUT2D eigenvalue weighted by Gasteiger charge is -2.33. The van der Waals surface area contributed by atoms with Gasteiger partial charge in [-0.1, -0.05) is 17.7 Å². The summed E-state index contributed by atoms with van der Waals surface area (Å²) < 4.78 is 23.7. The number of rotatable bonds is 3. The van der Waals surface area contributed by atoms with Crippen molar-refractivity contribution < 1.29 is 18.3 Å². The third-order valence-corrected chi connectivity index (χ3v) is 4.88. The van der Waals surface area contributed by atoms with Crippen LogP contribution in [0.15, 0.2) is 23.1 Å². The maximum atomic E-state index is 11.8. The summed E-state index contributed by atoms with van der Waals surface area (Å²) in [4.78, 5) is 14.5. The summed E-state index contributed by atoms with van der Waals surface area (Å²) in [5.74, 6) is 0. The second-order valence-corrected chi connectivity index (χ2v) is 7.49. The zero-order chi connectivity index (χ0) is 15.6. The molecule has 0 unspecified atom stereocenters. The van der Waals surface area contributed by atoms with E-state index in [9.17, 15) is 13.2 Å². The first-order valence-corrected chi connectivity index (χ1v) is 8.73. The minimum atomic E-state index is -3.35. The van der Waals surface area contributed by atoms with Crippen LogP contribution in [0.3, 0.4) is 0 Å². The Bertz CT molecular complexity index is 640. The molecule has 1 N–H and O–H groups in total. The van der Waals surface area contributed by atoms with Crippen molar-refractivity contribution in [3.63, 3.8) is 0 Å². The van der Waals surface area contributed by atoms with Gasteiger partial charge in [-0.05, 0) is 17.7 Å².